The maximum absolute atomic E-state index is 12.3. The summed E-state index contributed by atoms with van der Waals surface area (Å²) in [5, 5.41) is 7.27. The lowest BCUT2D eigenvalue weighted by molar-refractivity contribution is -0.126. The van der Waals surface area contributed by atoms with Crippen molar-refractivity contribution in [1.29, 1.82) is 0 Å². The molecule has 0 radical (unpaired) electrons. The minimum absolute atomic E-state index is 0.0473. The molecule has 0 aromatic carbocycles. The van der Waals surface area contributed by atoms with E-state index in [0.29, 0.717) is 13.1 Å². The standard InChI is InChI=1S/C18H28N4O3/c1-2-7-22-17(23)11-15(12-20-22)21-8-5-14(6-9-21)18(24)19-13-16-4-3-10-25-16/h11-12,14,16H,2-10,13H2,1H3,(H,19,24)/t16-/m0/s1. The van der Waals surface area contributed by atoms with E-state index in [-0.39, 0.29) is 23.5 Å². The van der Waals surface area contributed by atoms with Gasteiger partial charge >= 0.3 is 0 Å². The molecule has 0 aliphatic carbocycles. The Bertz CT molecular complexity index is 631. The molecule has 0 saturated carbocycles. The van der Waals surface area contributed by atoms with Crippen molar-refractivity contribution in [2.75, 3.05) is 31.1 Å². The van der Waals surface area contributed by atoms with Gasteiger partial charge in [0.2, 0.25) is 5.91 Å². The Balaban J connectivity index is 1.48. The second-order valence-electron chi connectivity index (χ2n) is 6.92. The highest BCUT2D eigenvalue weighted by molar-refractivity contribution is 5.79. The number of carbonyl (C=O) groups is 1. The molecular formula is C18H28N4O3. The number of hydrogen-bond donors (Lipinski definition) is 1. The van der Waals surface area contributed by atoms with Crippen LogP contribution < -0.4 is 15.8 Å². The number of anilines is 1. The first kappa shape index (κ1) is 17.9. The van der Waals surface area contributed by atoms with Gasteiger partial charge in [-0.2, -0.15) is 5.10 Å². The van der Waals surface area contributed by atoms with Crippen LogP contribution in [0.15, 0.2) is 17.1 Å². The van der Waals surface area contributed by atoms with Gasteiger partial charge in [-0.05, 0) is 32.1 Å². The molecule has 1 amide bonds. The van der Waals surface area contributed by atoms with Gasteiger partial charge in [0, 0.05) is 44.8 Å². The number of nitrogens with one attached hydrogen (secondary N) is 1. The van der Waals surface area contributed by atoms with E-state index in [4.69, 9.17) is 4.74 Å². The van der Waals surface area contributed by atoms with E-state index in [1.165, 1.54) is 4.68 Å². The SMILES string of the molecule is CCCn1ncc(N2CCC(C(=O)NC[C@@H]3CCCO3)CC2)cc1=O. The van der Waals surface area contributed by atoms with Crippen molar-refractivity contribution < 1.29 is 9.53 Å². The zero-order chi connectivity index (χ0) is 17.6. The normalized spacial score (nSPS) is 21.5. The summed E-state index contributed by atoms with van der Waals surface area (Å²) < 4.78 is 7.04. The average molecular weight is 348 g/mol. The fourth-order valence-corrected chi connectivity index (χ4v) is 3.54. The van der Waals surface area contributed by atoms with E-state index in [9.17, 15) is 9.59 Å². The summed E-state index contributed by atoms with van der Waals surface area (Å²) >= 11 is 0. The van der Waals surface area contributed by atoms with Crippen molar-refractivity contribution in [1.82, 2.24) is 15.1 Å². The quantitative estimate of drug-likeness (QED) is 0.835. The Labute approximate surface area is 148 Å². The molecule has 3 rings (SSSR count). The molecule has 25 heavy (non-hydrogen) atoms. The van der Waals surface area contributed by atoms with Crippen molar-refractivity contribution in [3.63, 3.8) is 0 Å². The Kier molecular flexibility index (Phi) is 6.07. The molecule has 1 N–H and O–H groups in total. The van der Waals surface area contributed by atoms with Crippen LogP contribution in [-0.2, 0) is 16.1 Å². The molecule has 2 aliphatic rings. The zero-order valence-electron chi connectivity index (χ0n) is 14.9. The van der Waals surface area contributed by atoms with Crippen LogP contribution in [0.2, 0.25) is 0 Å². The zero-order valence-corrected chi connectivity index (χ0v) is 14.9. The van der Waals surface area contributed by atoms with Crippen molar-refractivity contribution in [3.8, 4) is 0 Å². The first-order valence-electron chi connectivity index (χ1n) is 9.39. The van der Waals surface area contributed by atoms with Crippen LogP contribution in [0.4, 0.5) is 5.69 Å². The minimum Gasteiger partial charge on any atom is -0.376 e. The number of aromatic nitrogens is 2. The molecule has 138 valence electrons. The molecule has 1 atom stereocenters. The van der Waals surface area contributed by atoms with Gasteiger partial charge in [0.15, 0.2) is 0 Å². The fraction of sp³-hybridized carbons (Fsp3) is 0.722. The summed E-state index contributed by atoms with van der Waals surface area (Å²) in [5.41, 5.74) is 0.798. The Morgan fingerprint density at radius 3 is 2.80 bits per heavy atom. The van der Waals surface area contributed by atoms with Gasteiger partial charge in [-0.1, -0.05) is 6.92 Å². The predicted molar refractivity (Wildman–Crippen MR) is 95.7 cm³/mol. The number of carbonyl (C=O) groups excluding carboxylic acids is 1. The van der Waals surface area contributed by atoms with Crippen LogP contribution in [-0.4, -0.2) is 48.0 Å². The molecule has 0 unspecified atom stereocenters. The van der Waals surface area contributed by atoms with E-state index >= 15 is 0 Å². The monoisotopic (exact) mass is 348 g/mol. The minimum atomic E-state index is -0.0595. The molecule has 7 heteroatoms. The van der Waals surface area contributed by atoms with Crippen molar-refractivity contribution in [2.24, 2.45) is 5.92 Å². The third-order valence-electron chi connectivity index (χ3n) is 5.05. The van der Waals surface area contributed by atoms with Crippen molar-refractivity contribution in [2.45, 2.75) is 51.7 Å². The highest BCUT2D eigenvalue weighted by Gasteiger charge is 2.26. The van der Waals surface area contributed by atoms with Gasteiger partial charge in [-0.3, -0.25) is 9.59 Å². The number of nitrogens with zero attached hydrogens (tertiary/aromatic N) is 3. The first-order chi connectivity index (χ1) is 12.2. The summed E-state index contributed by atoms with van der Waals surface area (Å²) in [5.74, 6) is 0.178. The number of amides is 1. The fourth-order valence-electron chi connectivity index (χ4n) is 3.54. The summed E-state index contributed by atoms with van der Waals surface area (Å²) in [6, 6.07) is 1.65. The molecule has 2 fully saturated rings. The van der Waals surface area contributed by atoms with Crippen LogP contribution in [0.1, 0.15) is 39.0 Å². The third kappa shape index (κ3) is 4.60. The largest absolute Gasteiger partial charge is 0.376 e. The summed E-state index contributed by atoms with van der Waals surface area (Å²) in [7, 11) is 0. The first-order valence-corrected chi connectivity index (χ1v) is 9.39. The lowest BCUT2D eigenvalue weighted by atomic mass is 9.95. The van der Waals surface area contributed by atoms with Crippen LogP contribution in [0, 0.1) is 5.92 Å². The Hall–Kier alpha value is -1.89. The molecule has 1 aromatic rings. The van der Waals surface area contributed by atoms with Crippen LogP contribution in [0.5, 0.6) is 0 Å². The van der Waals surface area contributed by atoms with Gasteiger partial charge in [0.25, 0.3) is 5.56 Å². The Morgan fingerprint density at radius 1 is 1.36 bits per heavy atom. The van der Waals surface area contributed by atoms with E-state index < -0.39 is 0 Å². The van der Waals surface area contributed by atoms with E-state index in [0.717, 1.165) is 57.5 Å². The molecule has 0 spiro atoms. The van der Waals surface area contributed by atoms with Crippen LogP contribution >= 0.6 is 0 Å². The van der Waals surface area contributed by atoms with E-state index in [1.807, 2.05) is 6.92 Å². The number of ether oxygens (including phenoxy) is 1. The molecule has 3 heterocycles. The number of aryl methyl sites for hydroxylation is 1. The van der Waals surface area contributed by atoms with Gasteiger partial charge < -0.3 is 15.0 Å². The molecule has 2 saturated heterocycles. The maximum atomic E-state index is 12.3. The smallest absolute Gasteiger partial charge is 0.268 e. The van der Waals surface area contributed by atoms with Crippen LogP contribution in [0.25, 0.3) is 0 Å². The van der Waals surface area contributed by atoms with Crippen molar-refractivity contribution in [3.05, 3.63) is 22.6 Å². The predicted octanol–water partition coefficient (Wildman–Crippen LogP) is 1.16. The summed E-state index contributed by atoms with van der Waals surface area (Å²) in [6.07, 6.45) is 6.56. The number of hydrogen-bond acceptors (Lipinski definition) is 5. The van der Waals surface area contributed by atoms with Gasteiger partial charge in [0.05, 0.1) is 18.0 Å². The number of rotatable bonds is 6. The van der Waals surface area contributed by atoms with Crippen molar-refractivity contribution >= 4 is 11.6 Å². The van der Waals surface area contributed by atoms with E-state index in [1.54, 1.807) is 12.3 Å². The molecular weight excluding hydrogens is 320 g/mol. The topological polar surface area (TPSA) is 76.5 Å². The summed E-state index contributed by atoms with van der Waals surface area (Å²) in [6.45, 7) is 5.65. The van der Waals surface area contributed by atoms with E-state index in [2.05, 4.69) is 15.3 Å². The maximum Gasteiger partial charge on any atom is 0.268 e. The second-order valence-corrected chi connectivity index (χ2v) is 6.92. The van der Waals surface area contributed by atoms with Gasteiger partial charge in [-0.25, -0.2) is 4.68 Å². The molecule has 2 aliphatic heterocycles. The highest BCUT2D eigenvalue weighted by Crippen LogP contribution is 2.22. The number of piperidine rings is 1. The highest BCUT2D eigenvalue weighted by atomic mass is 16.5. The van der Waals surface area contributed by atoms with Gasteiger partial charge in [0.1, 0.15) is 0 Å². The molecule has 7 nitrogen and oxygen atoms in total. The lowest BCUT2D eigenvalue weighted by Crippen LogP contribution is -2.42. The average Bonchev–Trinajstić information content (AvgIpc) is 3.15. The van der Waals surface area contributed by atoms with Crippen LogP contribution in [0.3, 0.4) is 0 Å². The second kappa shape index (κ2) is 8.47. The third-order valence-corrected chi connectivity index (χ3v) is 5.05. The molecule has 1 aromatic heterocycles. The molecule has 0 bridgehead atoms. The lowest BCUT2D eigenvalue weighted by Gasteiger charge is -2.32. The summed E-state index contributed by atoms with van der Waals surface area (Å²) in [4.78, 5) is 26.5. The Morgan fingerprint density at radius 2 is 2.16 bits per heavy atom. The van der Waals surface area contributed by atoms with Gasteiger partial charge in [-0.15, -0.1) is 0 Å².